The Balaban J connectivity index is 1.60. The van der Waals surface area contributed by atoms with Crippen LogP contribution in [0.25, 0.3) is 11.0 Å². The van der Waals surface area contributed by atoms with E-state index in [-0.39, 0.29) is 11.7 Å². The van der Waals surface area contributed by atoms with Crippen molar-refractivity contribution in [2.24, 2.45) is 5.92 Å². The summed E-state index contributed by atoms with van der Waals surface area (Å²) in [6.45, 7) is 0. The number of hydrogen-bond donors (Lipinski definition) is 1. The maximum Gasteiger partial charge on any atom is 0.166 e. The van der Waals surface area contributed by atoms with E-state index in [0.29, 0.717) is 12.1 Å². The number of carbonyl (C=O) groups excluding carboxylic acids is 1. The molecule has 21 heavy (non-hydrogen) atoms. The monoisotopic (exact) mass is 281 g/mol. The smallest absolute Gasteiger partial charge is 0.166 e. The molecule has 0 aliphatic carbocycles. The Kier molecular flexibility index (Phi) is 3.19. The fourth-order valence-electron chi connectivity index (χ4n) is 3.83. The van der Waals surface area contributed by atoms with Crippen molar-refractivity contribution in [3.8, 4) is 0 Å². The third-order valence-electron chi connectivity index (χ3n) is 4.84. The zero-order valence-electron chi connectivity index (χ0n) is 12.0. The predicted molar refractivity (Wildman–Crippen MR) is 81.2 cm³/mol. The summed E-state index contributed by atoms with van der Waals surface area (Å²) < 4.78 is 0. The Morgan fingerprint density at radius 1 is 1.05 bits per heavy atom. The molecule has 2 aromatic rings. The second-order valence-corrected chi connectivity index (χ2v) is 6.28. The van der Waals surface area contributed by atoms with E-state index in [1.807, 2.05) is 18.2 Å². The molecule has 4 nitrogen and oxygen atoms in total. The molecule has 2 atom stereocenters. The summed E-state index contributed by atoms with van der Waals surface area (Å²) in [5.74, 6) is 0.441. The molecule has 4 heteroatoms. The average molecular weight is 281 g/mol. The van der Waals surface area contributed by atoms with Crippen LogP contribution in [0.4, 0.5) is 0 Å². The van der Waals surface area contributed by atoms with Gasteiger partial charge in [0, 0.05) is 36.0 Å². The second-order valence-electron chi connectivity index (χ2n) is 6.28. The van der Waals surface area contributed by atoms with Gasteiger partial charge in [-0.15, -0.1) is 0 Å². The van der Waals surface area contributed by atoms with Gasteiger partial charge < -0.3 is 5.32 Å². The highest BCUT2D eigenvalue weighted by molar-refractivity contribution is 6.00. The van der Waals surface area contributed by atoms with Crippen LogP contribution in [-0.4, -0.2) is 27.8 Å². The third-order valence-corrected chi connectivity index (χ3v) is 4.84. The number of carbonyl (C=O) groups is 1. The maximum atomic E-state index is 12.8. The fraction of sp³-hybridized carbons (Fsp3) is 0.471. The van der Waals surface area contributed by atoms with E-state index in [9.17, 15) is 4.79 Å². The molecule has 0 saturated carbocycles. The fourth-order valence-corrected chi connectivity index (χ4v) is 3.83. The lowest BCUT2D eigenvalue weighted by Gasteiger charge is -2.39. The van der Waals surface area contributed by atoms with Gasteiger partial charge in [0.05, 0.1) is 11.0 Å². The molecule has 2 fully saturated rings. The van der Waals surface area contributed by atoms with Gasteiger partial charge in [-0.1, -0.05) is 6.42 Å². The molecule has 2 aliphatic rings. The van der Waals surface area contributed by atoms with Crippen LogP contribution in [0, 0.1) is 5.92 Å². The Bertz CT molecular complexity index is 673. The van der Waals surface area contributed by atoms with Crippen molar-refractivity contribution in [2.45, 2.75) is 44.2 Å². The van der Waals surface area contributed by atoms with Crippen molar-refractivity contribution < 1.29 is 4.79 Å². The van der Waals surface area contributed by atoms with Crippen molar-refractivity contribution in [3.05, 3.63) is 36.2 Å². The molecule has 108 valence electrons. The summed E-state index contributed by atoms with van der Waals surface area (Å²) in [6.07, 6.45) is 9.03. The Labute approximate surface area is 124 Å². The molecule has 2 unspecified atom stereocenters. The first-order chi connectivity index (χ1) is 10.3. The highest BCUT2D eigenvalue weighted by Gasteiger charge is 2.34. The lowest BCUT2D eigenvalue weighted by atomic mass is 9.77. The number of nitrogens with one attached hydrogen (secondary N) is 1. The van der Waals surface area contributed by atoms with Crippen molar-refractivity contribution in [1.29, 1.82) is 0 Å². The van der Waals surface area contributed by atoms with Gasteiger partial charge in [0.1, 0.15) is 0 Å². The standard InChI is InChI=1S/C17H19N3O/c21-17(12-8-13-2-1-3-14(9-12)20-13)11-4-5-15-16(10-11)19-7-6-18-15/h4-7,10,12-14,20H,1-3,8-9H2. The Morgan fingerprint density at radius 3 is 2.52 bits per heavy atom. The van der Waals surface area contributed by atoms with E-state index in [1.54, 1.807) is 12.4 Å². The second kappa shape index (κ2) is 5.19. The number of fused-ring (bicyclic) bond motifs is 3. The molecule has 1 N–H and O–H groups in total. The van der Waals surface area contributed by atoms with E-state index >= 15 is 0 Å². The molecule has 1 aromatic heterocycles. The molecular weight excluding hydrogens is 262 g/mol. The van der Waals surface area contributed by atoms with Crippen molar-refractivity contribution >= 4 is 16.8 Å². The normalized spacial score (nSPS) is 28.5. The van der Waals surface area contributed by atoms with Crippen LogP contribution < -0.4 is 5.32 Å². The van der Waals surface area contributed by atoms with Crippen molar-refractivity contribution in [1.82, 2.24) is 15.3 Å². The molecule has 2 saturated heterocycles. The summed E-state index contributed by atoms with van der Waals surface area (Å²) in [6, 6.07) is 6.76. The van der Waals surface area contributed by atoms with Crippen LogP contribution in [-0.2, 0) is 0 Å². The molecular formula is C17H19N3O. The lowest BCUT2D eigenvalue weighted by Crippen LogP contribution is -2.50. The molecule has 0 amide bonds. The first kappa shape index (κ1) is 12.9. The van der Waals surface area contributed by atoms with E-state index in [1.165, 1.54) is 19.3 Å². The minimum atomic E-state index is 0.163. The van der Waals surface area contributed by atoms with Crippen LogP contribution in [0.15, 0.2) is 30.6 Å². The SMILES string of the molecule is O=C(c1ccc2nccnc2c1)C1CC2CCCC(C1)N2. The van der Waals surface area contributed by atoms with Gasteiger partial charge in [-0.2, -0.15) is 0 Å². The minimum Gasteiger partial charge on any atom is -0.311 e. The molecule has 3 heterocycles. The molecule has 2 bridgehead atoms. The molecule has 0 radical (unpaired) electrons. The summed E-state index contributed by atoms with van der Waals surface area (Å²) >= 11 is 0. The summed E-state index contributed by atoms with van der Waals surface area (Å²) in [7, 11) is 0. The first-order valence-corrected chi connectivity index (χ1v) is 7.80. The Morgan fingerprint density at radius 2 is 1.76 bits per heavy atom. The van der Waals surface area contributed by atoms with E-state index < -0.39 is 0 Å². The maximum absolute atomic E-state index is 12.8. The summed E-state index contributed by atoms with van der Waals surface area (Å²) in [5.41, 5.74) is 2.43. The topological polar surface area (TPSA) is 54.9 Å². The largest absolute Gasteiger partial charge is 0.311 e. The van der Waals surface area contributed by atoms with Crippen LogP contribution in [0.1, 0.15) is 42.5 Å². The van der Waals surface area contributed by atoms with Gasteiger partial charge in [0.2, 0.25) is 0 Å². The van der Waals surface area contributed by atoms with Gasteiger partial charge in [0.15, 0.2) is 5.78 Å². The van der Waals surface area contributed by atoms with Crippen molar-refractivity contribution in [2.75, 3.05) is 0 Å². The van der Waals surface area contributed by atoms with Gasteiger partial charge >= 0.3 is 0 Å². The van der Waals surface area contributed by atoms with Crippen molar-refractivity contribution in [3.63, 3.8) is 0 Å². The van der Waals surface area contributed by atoms with E-state index in [4.69, 9.17) is 0 Å². The molecule has 0 spiro atoms. The minimum absolute atomic E-state index is 0.163. The van der Waals surface area contributed by atoms with E-state index in [0.717, 1.165) is 29.4 Å². The summed E-state index contributed by atoms with van der Waals surface area (Å²) in [5, 5.41) is 3.64. The third kappa shape index (κ3) is 2.44. The van der Waals surface area contributed by atoms with Gasteiger partial charge in [-0.05, 0) is 43.9 Å². The number of rotatable bonds is 2. The van der Waals surface area contributed by atoms with Crippen LogP contribution in [0.2, 0.25) is 0 Å². The lowest BCUT2D eigenvalue weighted by molar-refractivity contribution is 0.0825. The highest BCUT2D eigenvalue weighted by atomic mass is 16.1. The van der Waals surface area contributed by atoms with Gasteiger partial charge in [0.25, 0.3) is 0 Å². The summed E-state index contributed by atoms with van der Waals surface area (Å²) in [4.78, 5) is 21.4. The highest BCUT2D eigenvalue weighted by Crippen LogP contribution is 2.32. The number of hydrogen-bond acceptors (Lipinski definition) is 4. The van der Waals surface area contributed by atoms with Crippen LogP contribution >= 0.6 is 0 Å². The molecule has 2 aliphatic heterocycles. The van der Waals surface area contributed by atoms with Crippen LogP contribution in [0.3, 0.4) is 0 Å². The van der Waals surface area contributed by atoms with Crippen LogP contribution in [0.5, 0.6) is 0 Å². The number of ketones is 1. The zero-order valence-corrected chi connectivity index (χ0v) is 12.0. The number of Topliss-reactive ketones (excluding diaryl/α,β-unsaturated/α-hetero) is 1. The van der Waals surface area contributed by atoms with E-state index in [2.05, 4.69) is 15.3 Å². The van der Waals surface area contributed by atoms with Gasteiger partial charge in [-0.25, -0.2) is 0 Å². The number of nitrogens with zero attached hydrogens (tertiary/aromatic N) is 2. The number of aromatic nitrogens is 2. The molecule has 4 rings (SSSR count). The Hall–Kier alpha value is -1.81. The average Bonchev–Trinajstić information content (AvgIpc) is 2.53. The zero-order chi connectivity index (χ0) is 14.2. The molecule has 1 aromatic carbocycles. The first-order valence-electron chi connectivity index (χ1n) is 7.80. The quantitative estimate of drug-likeness (QED) is 0.860. The number of benzene rings is 1. The predicted octanol–water partition coefficient (Wildman–Crippen LogP) is 2.73. The van der Waals surface area contributed by atoms with Gasteiger partial charge in [-0.3, -0.25) is 14.8 Å². The number of piperidine rings is 2.